The van der Waals surface area contributed by atoms with Crippen molar-refractivity contribution in [2.24, 2.45) is 5.92 Å². The van der Waals surface area contributed by atoms with Crippen LogP contribution in [-0.2, 0) is 13.1 Å². The third-order valence-electron chi connectivity index (χ3n) is 5.19. The molecule has 2 N–H and O–H groups in total. The zero-order valence-corrected chi connectivity index (χ0v) is 16.7. The van der Waals surface area contributed by atoms with Gasteiger partial charge in [0.05, 0.1) is 6.54 Å². The second-order valence-corrected chi connectivity index (χ2v) is 7.78. The van der Waals surface area contributed by atoms with Crippen LogP contribution in [0.1, 0.15) is 24.1 Å². The highest BCUT2D eigenvalue weighted by Crippen LogP contribution is 2.21. The number of piperidine rings is 1. The van der Waals surface area contributed by atoms with E-state index >= 15 is 0 Å². The van der Waals surface area contributed by atoms with Crippen molar-refractivity contribution in [2.45, 2.75) is 25.9 Å². The number of rotatable bonds is 7. The van der Waals surface area contributed by atoms with E-state index in [1.54, 1.807) is 4.80 Å². The summed E-state index contributed by atoms with van der Waals surface area (Å²) in [6.07, 6.45) is 2.48. The van der Waals surface area contributed by atoms with E-state index in [4.69, 9.17) is 21.8 Å². The fourth-order valence-corrected chi connectivity index (χ4v) is 3.75. The van der Waals surface area contributed by atoms with Gasteiger partial charge in [0.1, 0.15) is 11.4 Å². The van der Waals surface area contributed by atoms with E-state index in [2.05, 4.69) is 22.8 Å². The molecule has 1 aliphatic heterocycles. The Bertz CT molecular complexity index is 870. The lowest BCUT2D eigenvalue weighted by atomic mass is 9.98. The largest absolute Gasteiger partial charge is 0.317 e. The van der Waals surface area contributed by atoms with Crippen LogP contribution in [0.4, 0.5) is 0 Å². The van der Waals surface area contributed by atoms with Crippen LogP contribution in [0.5, 0.6) is 0 Å². The third kappa shape index (κ3) is 4.98. The highest BCUT2D eigenvalue weighted by molar-refractivity contribution is 6.30. The van der Waals surface area contributed by atoms with E-state index < -0.39 is 0 Å². The van der Waals surface area contributed by atoms with Gasteiger partial charge in [-0.3, -0.25) is 0 Å². The molecule has 0 aliphatic carbocycles. The third-order valence-corrected chi connectivity index (χ3v) is 5.45. The van der Waals surface area contributed by atoms with Crippen molar-refractivity contribution >= 4 is 11.6 Å². The normalized spacial score (nSPS) is 15.0. The second kappa shape index (κ2) is 9.32. The summed E-state index contributed by atoms with van der Waals surface area (Å²) in [6.45, 7) is 4.64. The first-order valence-electron chi connectivity index (χ1n) is 9.93. The van der Waals surface area contributed by atoms with Gasteiger partial charge in [-0.2, -0.15) is 15.0 Å². The van der Waals surface area contributed by atoms with Crippen molar-refractivity contribution in [1.29, 1.82) is 0 Å². The first-order chi connectivity index (χ1) is 13.8. The van der Waals surface area contributed by atoms with Crippen LogP contribution in [0.25, 0.3) is 11.3 Å². The minimum atomic E-state index is 0.630. The minimum Gasteiger partial charge on any atom is -0.317 e. The molecule has 0 amide bonds. The van der Waals surface area contributed by atoms with Gasteiger partial charge in [-0.25, -0.2) is 0 Å². The molecule has 1 aliphatic rings. The van der Waals surface area contributed by atoms with Crippen LogP contribution in [-0.4, -0.2) is 34.6 Å². The highest BCUT2D eigenvalue weighted by atomic mass is 35.5. The predicted molar refractivity (Wildman–Crippen MR) is 113 cm³/mol. The summed E-state index contributed by atoms with van der Waals surface area (Å²) in [5, 5.41) is 17.3. The summed E-state index contributed by atoms with van der Waals surface area (Å²) in [5.74, 6) is 0.741. The topological polar surface area (TPSA) is 54.8 Å². The highest BCUT2D eigenvalue weighted by Gasteiger charge is 2.16. The maximum absolute atomic E-state index is 6.00. The average Bonchev–Trinajstić information content (AvgIpc) is 3.14. The number of nitrogens with zero attached hydrogens (tertiary/aromatic N) is 3. The van der Waals surface area contributed by atoms with Crippen molar-refractivity contribution in [3.63, 3.8) is 0 Å². The molecule has 5 nitrogen and oxygen atoms in total. The van der Waals surface area contributed by atoms with Crippen molar-refractivity contribution in [3.8, 4) is 11.3 Å². The molecular formula is C22H26ClN5. The van der Waals surface area contributed by atoms with Crippen molar-refractivity contribution < 1.29 is 0 Å². The van der Waals surface area contributed by atoms with Gasteiger partial charge in [0, 0.05) is 17.1 Å². The van der Waals surface area contributed by atoms with Crippen LogP contribution < -0.4 is 10.6 Å². The molecule has 6 heteroatoms. The Balaban J connectivity index is 1.49. The Morgan fingerprint density at radius 2 is 1.75 bits per heavy atom. The molecular weight excluding hydrogens is 370 g/mol. The SMILES string of the molecule is Clc1ccc(Cn2nc(CNCC3CCNCC3)c(-c3ccccc3)n2)cc1. The summed E-state index contributed by atoms with van der Waals surface area (Å²) in [5.41, 5.74) is 4.18. The molecule has 28 heavy (non-hydrogen) atoms. The Morgan fingerprint density at radius 3 is 2.50 bits per heavy atom. The lowest BCUT2D eigenvalue weighted by molar-refractivity contribution is 0.355. The number of benzene rings is 2. The zero-order valence-electron chi connectivity index (χ0n) is 15.9. The Hall–Kier alpha value is -2.21. The van der Waals surface area contributed by atoms with Gasteiger partial charge in [0.25, 0.3) is 0 Å². The first-order valence-corrected chi connectivity index (χ1v) is 10.3. The van der Waals surface area contributed by atoms with E-state index in [1.165, 1.54) is 12.8 Å². The number of hydrogen-bond acceptors (Lipinski definition) is 4. The summed E-state index contributed by atoms with van der Waals surface area (Å²) in [4.78, 5) is 1.78. The average molecular weight is 396 g/mol. The summed E-state index contributed by atoms with van der Waals surface area (Å²) < 4.78 is 0. The first kappa shape index (κ1) is 19.1. The molecule has 1 saturated heterocycles. The van der Waals surface area contributed by atoms with Gasteiger partial charge in [0.15, 0.2) is 0 Å². The van der Waals surface area contributed by atoms with E-state index in [0.29, 0.717) is 6.54 Å². The smallest absolute Gasteiger partial charge is 0.117 e. The zero-order chi connectivity index (χ0) is 19.2. The molecule has 0 unspecified atom stereocenters. The summed E-state index contributed by atoms with van der Waals surface area (Å²) in [7, 11) is 0. The summed E-state index contributed by atoms with van der Waals surface area (Å²) in [6, 6.07) is 18.1. The monoisotopic (exact) mass is 395 g/mol. The van der Waals surface area contributed by atoms with Gasteiger partial charge in [-0.15, -0.1) is 0 Å². The molecule has 0 radical (unpaired) electrons. The van der Waals surface area contributed by atoms with Gasteiger partial charge in [-0.05, 0) is 56.1 Å². The molecule has 0 bridgehead atoms. The standard InChI is InChI=1S/C22H26ClN5/c23-20-8-6-18(7-9-20)16-28-26-21(15-25-14-17-10-12-24-13-11-17)22(27-28)19-4-2-1-3-5-19/h1-9,17,24-25H,10-16H2. The van der Waals surface area contributed by atoms with Crippen molar-refractivity contribution in [2.75, 3.05) is 19.6 Å². The van der Waals surface area contributed by atoms with E-state index in [0.717, 1.165) is 59.6 Å². The quantitative estimate of drug-likeness (QED) is 0.640. The molecule has 2 heterocycles. The fourth-order valence-electron chi connectivity index (χ4n) is 3.63. The fraction of sp³-hybridized carbons (Fsp3) is 0.364. The van der Waals surface area contributed by atoms with E-state index in [9.17, 15) is 0 Å². The summed E-state index contributed by atoms with van der Waals surface area (Å²) >= 11 is 6.00. The minimum absolute atomic E-state index is 0.630. The molecule has 0 atom stereocenters. The lowest BCUT2D eigenvalue weighted by Crippen LogP contribution is -2.33. The van der Waals surface area contributed by atoms with Crippen LogP contribution in [0.2, 0.25) is 5.02 Å². The number of aromatic nitrogens is 3. The maximum atomic E-state index is 6.00. The van der Waals surface area contributed by atoms with Gasteiger partial charge >= 0.3 is 0 Å². The van der Waals surface area contributed by atoms with Crippen molar-refractivity contribution in [3.05, 3.63) is 70.9 Å². The molecule has 146 valence electrons. The number of halogens is 1. The molecule has 1 fully saturated rings. The molecule has 0 spiro atoms. The van der Waals surface area contributed by atoms with Gasteiger partial charge in [0.2, 0.25) is 0 Å². The van der Waals surface area contributed by atoms with Gasteiger partial charge in [-0.1, -0.05) is 54.1 Å². The Kier molecular flexibility index (Phi) is 6.37. The molecule has 3 aromatic rings. The van der Waals surface area contributed by atoms with Gasteiger partial charge < -0.3 is 10.6 Å². The van der Waals surface area contributed by atoms with E-state index in [-0.39, 0.29) is 0 Å². The molecule has 1 aromatic heterocycles. The Morgan fingerprint density at radius 1 is 1.00 bits per heavy atom. The number of nitrogens with one attached hydrogen (secondary N) is 2. The lowest BCUT2D eigenvalue weighted by Gasteiger charge is -2.22. The molecule has 2 aromatic carbocycles. The Labute approximate surface area is 171 Å². The molecule has 4 rings (SSSR count). The molecule has 0 saturated carbocycles. The van der Waals surface area contributed by atoms with E-state index in [1.807, 2.05) is 42.5 Å². The van der Waals surface area contributed by atoms with Crippen molar-refractivity contribution in [1.82, 2.24) is 25.6 Å². The maximum Gasteiger partial charge on any atom is 0.117 e. The second-order valence-electron chi connectivity index (χ2n) is 7.34. The predicted octanol–water partition coefficient (Wildman–Crippen LogP) is 3.74. The number of hydrogen-bond donors (Lipinski definition) is 2. The van der Waals surface area contributed by atoms with Crippen LogP contribution in [0.15, 0.2) is 54.6 Å². The van der Waals surface area contributed by atoms with Crippen LogP contribution in [0.3, 0.4) is 0 Å². The van der Waals surface area contributed by atoms with Crippen LogP contribution in [0, 0.1) is 5.92 Å². The van der Waals surface area contributed by atoms with Crippen LogP contribution >= 0.6 is 11.6 Å².